The number of hydrogen-bond donors (Lipinski definition) is 1. The van der Waals surface area contributed by atoms with Crippen molar-refractivity contribution in [2.24, 2.45) is 0 Å². The summed E-state index contributed by atoms with van der Waals surface area (Å²) in [6, 6.07) is 10.1. The number of halogens is 1. The van der Waals surface area contributed by atoms with Gasteiger partial charge in [-0.05, 0) is 19.4 Å². The lowest BCUT2D eigenvalue weighted by molar-refractivity contribution is -0.116. The van der Waals surface area contributed by atoms with Gasteiger partial charge in [-0.25, -0.2) is 0 Å². The van der Waals surface area contributed by atoms with E-state index < -0.39 is 0 Å². The number of hydrogen-bond acceptors (Lipinski definition) is 3. The minimum absolute atomic E-state index is 0.0721. The molecule has 0 spiro atoms. The Morgan fingerprint density at radius 1 is 1.24 bits per heavy atom. The third-order valence-corrected chi connectivity index (χ3v) is 4.19. The summed E-state index contributed by atoms with van der Waals surface area (Å²) in [6.07, 6.45) is 3.57. The van der Waals surface area contributed by atoms with Crippen LogP contribution in [0.1, 0.15) is 23.4 Å². The molecule has 130 valence electrons. The Labute approximate surface area is 151 Å². The number of amides is 1. The van der Waals surface area contributed by atoms with Gasteiger partial charge in [0, 0.05) is 19.2 Å². The molecular formula is C18H20ClN5O. The minimum Gasteiger partial charge on any atom is -0.323 e. The van der Waals surface area contributed by atoms with Gasteiger partial charge in [-0.3, -0.25) is 14.2 Å². The van der Waals surface area contributed by atoms with Crippen molar-refractivity contribution in [2.45, 2.75) is 33.4 Å². The zero-order valence-corrected chi connectivity index (χ0v) is 15.0. The zero-order valence-electron chi connectivity index (χ0n) is 14.2. The largest absolute Gasteiger partial charge is 0.323 e. The fourth-order valence-corrected chi connectivity index (χ4v) is 2.82. The van der Waals surface area contributed by atoms with Gasteiger partial charge in [0.15, 0.2) is 0 Å². The average molecular weight is 358 g/mol. The van der Waals surface area contributed by atoms with Crippen molar-refractivity contribution >= 4 is 23.2 Å². The van der Waals surface area contributed by atoms with Crippen LogP contribution in [0.5, 0.6) is 0 Å². The molecule has 25 heavy (non-hydrogen) atoms. The van der Waals surface area contributed by atoms with E-state index in [1.807, 2.05) is 36.7 Å². The van der Waals surface area contributed by atoms with E-state index in [1.54, 1.807) is 17.1 Å². The van der Waals surface area contributed by atoms with Crippen molar-refractivity contribution in [2.75, 3.05) is 5.32 Å². The van der Waals surface area contributed by atoms with Crippen LogP contribution in [0.25, 0.3) is 0 Å². The van der Waals surface area contributed by atoms with Gasteiger partial charge in [0.25, 0.3) is 0 Å². The number of aromatic nitrogens is 4. The smallest absolute Gasteiger partial charge is 0.226 e. The molecule has 0 aliphatic carbocycles. The fraction of sp³-hybridized carbons (Fsp3) is 0.278. The highest BCUT2D eigenvalue weighted by atomic mass is 35.5. The Balaban J connectivity index is 1.65. The molecule has 7 heteroatoms. The number of nitrogens with one attached hydrogen (secondary N) is 1. The fourth-order valence-electron chi connectivity index (χ4n) is 2.67. The molecule has 6 nitrogen and oxygen atoms in total. The maximum atomic E-state index is 12.2. The standard InChI is InChI=1S/C18H20ClN5O/c1-13-18(21-17(25)8-9-23-12-16(19)10-20-23)14(2)24(22-13)11-15-6-4-3-5-7-15/h3-7,10,12H,8-9,11H2,1-2H3,(H,21,25). The van der Waals surface area contributed by atoms with Gasteiger partial charge in [-0.15, -0.1) is 0 Å². The lowest BCUT2D eigenvalue weighted by Crippen LogP contribution is -2.15. The van der Waals surface area contributed by atoms with Crippen LogP contribution in [0.15, 0.2) is 42.7 Å². The molecule has 0 aliphatic rings. The SMILES string of the molecule is Cc1nn(Cc2ccccc2)c(C)c1NC(=O)CCn1cc(Cl)cn1. The van der Waals surface area contributed by atoms with Crippen LogP contribution in [0, 0.1) is 13.8 Å². The monoisotopic (exact) mass is 357 g/mol. The quantitative estimate of drug-likeness (QED) is 0.735. The van der Waals surface area contributed by atoms with Crippen LogP contribution in [0.4, 0.5) is 5.69 Å². The van der Waals surface area contributed by atoms with Crippen molar-refractivity contribution in [1.29, 1.82) is 0 Å². The molecule has 0 saturated carbocycles. The van der Waals surface area contributed by atoms with Gasteiger partial charge in [-0.2, -0.15) is 10.2 Å². The predicted octanol–water partition coefficient (Wildman–Crippen LogP) is 3.43. The molecule has 0 unspecified atom stereocenters. The van der Waals surface area contributed by atoms with Crippen LogP contribution in [-0.4, -0.2) is 25.5 Å². The first kappa shape index (κ1) is 17.2. The summed E-state index contributed by atoms with van der Waals surface area (Å²) < 4.78 is 3.56. The molecule has 2 aromatic heterocycles. The van der Waals surface area contributed by atoms with E-state index in [2.05, 4.69) is 27.6 Å². The van der Waals surface area contributed by atoms with Crippen LogP contribution in [-0.2, 0) is 17.9 Å². The van der Waals surface area contributed by atoms with E-state index in [4.69, 9.17) is 11.6 Å². The summed E-state index contributed by atoms with van der Waals surface area (Å²) in [5, 5.41) is 12.1. The first-order chi connectivity index (χ1) is 12.0. The second kappa shape index (κ2) is 7.53. The van der Waals surface area contributed by atoms with Gasteiger partial charge in [0.2, 0.25) is 5.91 Å². The minimum atomic E-state index is -0.0721. The van der Waals surface area contributed by atoms with E-state index in [1.165, 1.54) is 5.56 Å². The second-order valence-electron chi connectivity index (χ2n) is 5.91. The van der Waals surface area contributed by atoms with E-state index in [-0.39, 0.29) is 5.91 Å². The Morgan fingerprint density at radius 2 is 2.00 bits per heavy atom. The molecule has 0 saturated heterocycles. The average Bonchev–Trinajstić information content (AvgIpc) is 3.12. The number of nitrogens with zero attached hydrogens (tertiary/aromatic N) is 4. The number of aryl methyl sites for hydroxylation is 2. The Bertz CT molecular complexity index is 869. The number of carbonyl (C=O) groups excluding carboxylic acids is 1. The highest BCUT2D eigenvalue weighted by Gasteiger charge is 2.14. The molecule has 2 heterocycles. The summed E-state index contributed by atoms with van der Waals surface area (Å²) in [5.41, 5.74) is 3.70. The molecule has 0 radical (unpaired) electrons. The van der Waals surface area contributed by atoms with Gasteiger partial charge >= 0.3 is 0 Å². The third kappa shape index (κ3) is 4.28. The maximum Gasteiger partial charge on any atom is 0.226 e. The summed E-state index contributed by atoms with van der Waals surface area (Å²) in [7, 11) is 0. The summed E-state index contributed by atoms with van der Waals surface area (Å²) in [4.78, 5) is 12.2. The van der Waals surface area contributed by atoms with Crippen LogP contribution in [0.2, 0.25) is 5.02 Å². The number of anilines is 1. The Kier molecular flexibility index (Phi) is 5.19. The van der Waals surface area contributed by atoms with Gasteiger partial charge < -0.3 is 5.32 Å². The Morgan fingerprint density at radius 3 is 2.68 bits per heavy atom. The molecule has 1 N–H and O–H groups in total. The molecule has 0 fully saturated rings. The lowest BCUT2D eigenvalue weighted by atomic mass is 10.2. The predicted molar refractivity (Wildman–Crippen MR) is 97.7 cm³/mol. The van der Waals surface area contributed by atoms with Crippen LogP contribution >= 0.6 is 11.6 Å². The molecule has 1 aromatic carbocycles. The van der Waals surface area contributed by atoms with Crippen molar-refractivity contribution in [3.05, 3.63) is 64.7 Å². The molecule has 3 aromatic rings. The molecular weight excluding hydrogens is 338 g/mol. The second-order valence-corrected chi connectivity index (χ2v) is 6.35. The van der Waals surface area contributed by atoms with E-state index in [9.17, 15) is 4.79 Å². The lowest BCUT2D eigenvalue weighted by Gasteiger charge is -2.07. The topological polar surface area (TPSA) is 64.7 Å². The van der Waals surface area contributed by atoms with Gasteiger partial charge in [-0.1, -0.05) is 41.9 Å². The number of benzene rings is 1. The van der Waals surface area contributed by atoms with Crippen LogP contribution in [0.3, 0.4) is 0 Å². The molecule has 1 amide bonds. The van der Waals surface area contributed by atoms with E-state index in [0.717, 1.165) is 17.1 Å². The van der Waals surface area contributed by atoms with Crippen molar-refractivity contribution in [3.63, 3.8) is 0 Å². The summed E-state index contributed by atoms with van der Waals surface area (Å²) in [6.45, 7) is 5.02. The van der Waals surface area contributed by atoms with Crippen molar-refractivity contribution in [3.8, 4) is 0 Å². The van der Waals surface area contributed by atoms with E-state index in [0.29, 0.717) is 24.5 Å². The number of carbonyl (C=O) groups is 1. The Hall–Kier alpha value is -2.60. The summed E-state index contributed by atoms with van der Waals surface area (Å²) >= 11 is 5.82. The first-order valence-corrected chi connectivity index (χ1v) is 8.46. The zero-order chi connectivity index (χ0) is 17.8. The number of rotatable bonds is 6. The van der Waals surface area contributed by atoms with Crippen molar-refractivity contribution < 1.29 is 4.79 Å². The molecule has 3 rings (SSSR count). The van der Waals surface area contributed by atoms with Gasteiger partial charge in [0.05, 0.1) is 34.8 Å². The summed E-state index contributed by atoms with van der Waals surface area (Å²) in [5.74, 6) is -0.0721. The van der Waals surface area contributed by atoms with Gasteiger partial charge in [0.1, 0.15) is 0 Å². The van der Waals surface area contributed by atoms with Crippen LogP contribution < -0.4 is 5.32 Å². The normalized spacial score (nSPS) is 10.8. The third-order valence-electron chi connectivity index (χ3n) is 3.99. The molecule has 0 aliphatic heterocycles. The van der Waals surface area contributed by atoms with Crippen molar-refractivity contribution in [1.82, 2.24) is 19.6 Å². The first-order valence-electron chi connectivity index (χ1n) is 8.08. The van der Waals surface area contributed by atoms with E-state index >= 15 is 0 Å². The highest BCUT2D eigenvalue weighted by Crippen LogP contribution is 2.20. The maximum absolute atomic E-state index is 12.2. The highest BCUT2D eigenvalue weighted by molar-refractivity contribution is 6.30. The molecule has 0 atom stereocenters. The molecule has 0 bridgehead atoms.